The molecule has 1 N–H and O–H groups in total. The fourth-order valence-corrected chi connectivity index (χ4v) is 4.68. The summed E-state index contributed by atoms with van der Waals surface area (Å²) in [7, 11) is 3.36. The molecule has 4 aromatic carbocycles. The van der Waals surface area contributed by atoms with E-state index in [9.17, 15) is 4.79 Å². The van der Waals surface area contributed by atoms with E-state index in [2.05, 4.69) is 46.6 Å². The molecule has 5 heteroatoms. The maximum Gasteiger partial charge on any atom is 0.255 e. The maximum atomic E-state index is 12.4. The summed E-state index contributed by atoms with van der Waals surface area (Å²) in [6, 6.07) is 30.2. The van der Waals surface area contributed by atoms with Crippen molar-refractivity contribution in [2.75, 3.05) is 26.1 Å². The Kier molecular flexibility index (Phi) is 7.01. The minimum Gasteiger partial charge on any atom is -0.493 e. The highest BCUT2D eigenvalue weighted by molar-refractivity contribution is 6.04. The highest BCUT2D eigenvalue weighted by Crippen LogP contribution is 2.33. The van der Waals surface area contributed by atoms with E-state index in [1.54, 1.807) is 14.2 Å². The zero-order chi connectivity index (χ0) is 24.9. The van der Waals surface area contributed by atoms with E-state index >= 15 is 0 Å². The van der Waals surface area contributed by atoms with Gasteiger partial charge in [0.2, 0.25) is 0 Å². The number of rotatable bonds is 7. The summed E-state index contributed by atoms with van der Waals surface area (Å²) in [5.74, 6) is 1.48. The molecule has 4 aromatic rings. The number of methoxy groups -OCH3 is 2. The summed E-state index contributed by atoms with van der Waals surface area (Å²) in [5, 5.41) is 2.95. The van der Waals surface area contributed by atoms with Crippen molar-refractivity contribution in [3.05, 3.63) is 113 Å². The van der Waals surface area contributed by atoms with Crippen LogP contribution < -0.4 is 14.8 Å². The third kappa shape index (κ3) is 5.26. The van der Waals surface area contributed by atoms with E-state index in [4.69, 9.17) is 9.47 Å². The summed E-state index contributed by atoms with van der Waals surface area (Å²) in [6.07, 6.45) is 1.00. The lowest BCUT2D eigenvalue weighted by atomic mass is 9.98. The van der Waals surface area contributed by atoms with Crippen LogP contribution in [-0.2, 0) is 19.5 Å². The lowest BCUT2D eigenvalue weighted by Gasteiger charge is -2.29. The normalized spacial score (nSPS) is 13.1. The van der Waals surface area contributed by atoms with Crippen LogP contribution in [0.5, 0.6) is 11.5 Å². The SMILES string of the molecule is COc1cc2c(cc1OC)CN(Cc1ccc(-c3ccc(NC(=O)c4ccccc4)cc3)cc1)CC2. The minimum absolute atomic E-state index is 0.106. The first kappa shape index (κ1) is 23.6. The van der Waals surface area contributed by atoms with Crippen LogP contribution in [0, 0.1) is 0 Å². The monoisotopic (exact) mass is 478 g/mol. The van der Waals surface area contributed by atoms with Gasteiger partial charge < -0.3 is 14.8 Å². The van der Waals surface area contributed by atoms with Crippen LogP contribution in [0.25, 0.3) is 11.1 Å². The predicted molar refractivity (Wildman–Crippen MR) is 144 cm³/mol. The summed E-state index contributed by atoms with van der Waals surface area (Å²) >= 11 is 0. The fourth-order valence-electron chi connectivity index (χ4n) is 4.68. The third-order valence-electron chi connectivity index (χ3n) is 6.67. The maximum absolute atomic E-state index is 12.4. The van der Waals surface area contributed by atoms with Gasteiger partial charge in [-0.15, -0.1) is 0 Å². The van der Waals surface area contributed by atoms with Gasteiger partial charge in [-0.2, -0.15) is 0 Å². The number of benzene rings is 4. The molecular formula is C31H30N2O3. The second-order valence-electron chi connectivity index (χ2n) is 9.03. The molecule has 0 saturated heterocycles. The number of nitrogens with zero attached hydrogens (tertiary/aromatic N) is 1. The van der Waals surface area contributed by atoms with Crippen molar-refractivity contribution in [1.82, 2.24) is 4.90 Å². The van der Waals surface area contributed by atoms with Gasteiger partial charge in [-0.1, -0.05) is 54.6 Å². The molecule has 36 heavy (non-hydrogen) atoms. The Morgan fingerprint density at radius 3 is 2.06 bits per heavy atom. The largest absolute Gasteiger partial charge is 0.493 e. The number of fused-ring (bicyclic) bond motifs is 1. The molecule has 0 fully saturated rings. The summed E-state index contributed by atoms with van der Waals surface area (Å²) in [6.45, 7) is 2.81. The number of nitrogens with one attached hydrogen (secondary N) is 1. The van der Waals surface area contributed by atoms with Crippen molar-refractivity contribution in [2.24, 2.45) is 0 Å². The zero-order valence-electron chi connectivity index (χ0n) is 20.7. The van der Waals surface area contributed by atoms with E-state index < -0.39 is 0 Å². The van der Waals surface area contributed by atoms with Crippen LogP contribution in [0.15, 0.2) is 91.0 Å². The Morgan fingerprint density at radius 2 is 1.42 bits per heavy atom. The molecule has 0 saturated carbocycles. The van der Waals surface area contributed by atoms with Crippen molar-refractivity contribution in [3.8, 4) is 22.6 Å². The molecule has 1 aliphatic rings. The van der Waals surface area contributed by atoms with Crippen LogP contribution in [0.1, 0.15) is 27.0 Å². The molecule has 5 rings (SSSR count). The van der Waals surface area contributed by atoms with E-state index in [-0.39, 0.29) is 5.91 Å². The van der Waals surface area contributed by atoms with Gasteiger partial charge in [0.05, 0.1) is 14.2 Å². The second-order valence-corrected chi connectivity index (χ2v) is 9.03. The smallest absolute Gasteiger partial charge is 0.255 e. The van der Waals surface area contributed by atoms with Crippen molar-refractivity contribution < 1.29 is 14.3 Å². The van der Waals surface area contributed by atoms with Gasteiger partial charge in [-0.3, -0.25) is 9.69 Å². The van der Waals surface area contributed by atoms with E-state index in [1.807, 2.05) is 54.6 Å². The Balaban J connectivity index is 1.21. The minimum atomic E-state index is -0.106. The summed E-state index contributed by atoms with van der Waals surface area (Å²) in [5.41, 5.74) is 7.62. The zero-order valence-corrected chi connectivity index (χ0v) is 20.7. The number of anilines is 1. The van der Waals surface area contributed by atoms with Crippen molar-refractivity contribution in [1.29, 1.82) is 0 Å². The van der Waals surface area contributed by atoms with Crippen LogP contribution in [0.4, 0.5) is 5.69 Å². The summed E-state index contributed by atoms with van der Waals surface area (Å²) in [4.78, 5) is 14.8. The Hall–Kier alpha value is -4.09. The molecule has 0 aromatic heterocycles. The highest BCUT2D eigenvalue weighted by atomic mass is 16.5. The standard InChI is InChI=1S/C31H30N2O3/c1-35-29-18-26-16-17-33(21-27(26)19-30(29)36-2)20-22-8-10-23(11-9-22)24-12-14-28(15-13-24)32-31(34)25-6-4-3-5-7-25/h3-15,18-19H,16-17,20-21H2,1-2H3,(H,32,34). The number of hydrogen-bond acceptors (Lipinski definition) is 4. The molecule has 0 unspecified atom stereocenters. The molecule has 0 atom stereocenters. The first-order valence-corrected chi connectivity index (χ1v) is 12.1. The number of carbonyl (C=O) groups is 1. The van der Waals surface area contributed by atoms with Gasteiger partial charge in [0.15, 0.2) is 11.5 Å². The molecule has 0 spiro atoms. The molecule has 0 radical (unpaired) electrons. The first-order valence-electron chi connectivity index (χ1n) is 12.1. The predicted octanol–water partition coefficient (Wildman–Crippen LogP) is 6.18. The third-order valence-corrected chi connectivity index (χ3v) is 6.67. The number of ether oxygens (including phenoxy) is 2. The van der Waals surface area contributed by atoms with Gasteiger partial charge in [0.1, 0.15) is 0 Å². The van der Waals surface area contributed by atoms with Crippen LogP contribution in [-0.4, -0.2) is 31.6 Å². The average Bonchev–Trinajstić information content (AvgIpc) is 2.93. The van der Waals surface area contributed by atoms with Gasteiger partial charge in [-0.25, -0.2) is 0 Å². The molecule has 182 valence electrons. The van der Waals surface area contributed by atoms with E-state index in [1.165, 1.54) is 16.7 Å². The van der Waals surface area contributed by atoms with E-state index in [0.29, 0.717) is 5.56 Å². The van der Waals surface area contributed by atoms with Gasteiger partial charge >= 0.3 is 0 Å². The number of amides is 1. The van der Waals surface area contributed by atoms with Crippen LogP contribution >= 0.6 is 0 Å². The molecule has 5 nitrogen and oxygen atoms in total. The molecule has 1 heterocycles. The van der Waals surface area contributed by atoms with Crippen LogP contribution in [0.3, 0.4) is 0 Å². The van der Waals surface area contributed by atoms with Crippen molar-refractivity contribution >= 4 is 11.6 Å². The van der Waals surface area contributed by atoms with Crippen molar-refractivity contribution in [3.63, 3.8) is 0 Å². The van der Waals surface area contributed by atoms with Gasteiger partial charge in [-0.05, 0) is 70.6 Å². The lowest BCUT2D eigenvalue weighted by Crippen LogP contribution is -2.30. The molecule has 0 bridgehead atoms. The quantitative estimate of drug-likeness (QED) is 0.345. The Labute approximate surface area is 212 Å². The Morgan fingerprint density at radius 1 is 0.806 bits per heavy atom. The molecule has 1 amide bonds. The fraction of sp³-hybridized carbons (Fsp3) is 0.194. The highest BCUT2D eigenvalue weighted by Gasteiger charge is 2.19. The molecular weight excluding hydrogens is 448 g/mol. The second kappa shape index (κ2) is 10.7. The number of hydrogen-bond donors (Lipinski definition) is 1. The lowest BCUT2D eigenvalue weighted by molar-refractivity contribution is 0.102. The topological polar surface area (TPSA) is 50.8 Å². The average molecular weight is 479 g/mol. The van der Waals surface area contributed by atoms with Gasteiger partial charge in [0, 0.05) is 30.9 Å². The van der Waals surface area contributed by atoms with E-state index in [0.717, 1.165) is 54.4 Å². The first-order chi connectivity index (χ1) is 17.6. The Bertz CT molecular complexity index is 1330. The number of carbonyl (C=O) groups excluding carboxylic acids is 1. The molecule has 0 aliphatic carbocycles. The van der Waals surface area contributed by atoms with Crippen molar-refractivity contribution in [2.45, 2.75) is 19.5 Å². The van der Waals surface area contributed by atoms with Crippen LogP contribution in [0.2, 0.25) is 0 Å². The summed E-state index contributed by atoms with van der Waals surface area (Å²) < 4.78 is 11.0. The molecule has 1 aliphatic heterocycles. The van der Waals surface area contributed by atoms with Gasteiger partial charge in [0.25, 0.3) is 5.91 Å².